The summed E-state index contributed by atoms with van der Waals surface area (Å²) in [6.45, 7) is 11.8. The quantitative estimate of drug-likeness (QED) is 0.636. The fourth-order valence-corrected chi connectivity index (χ4v) is 5.82. The second-order valence-corrected chi connectivity index (χ2v) is 9.46. The molecule has 0 N–H and O–H groups in total. The van der Waals surface area contributed by atoms with E-state index in [1.54, 1.807) is 0 Å². The van der Waals surface area contributed by atoms with Crippen LogP contribution in [0.3, 0.4) is 0 Å². The van der Waals surface area contributed by atoms with Gasteiger partial charge in [-0.05, 0) is 47.0 Å². The van der Waals surface area contributed by atoms with Crippen molar-refractivity contribution in [3.05, 3.63) is 69.8 Å². The van der Waals surface area contributed by atoms with E-state index in [0.29, 0.717) is 12.0 Å². The Bertz CT molecular complexity index is 750. The molecule has 0 spiro atoms. The van der Waals surface area contributed by atoms with E-state index in [0.717, 1.165) is 24.1 Å². The third-order valence-electron chi connectivity index (χ3n) is 6.64. The minimum atomic E-state index is 0.670. The highest BCUT2D eigenvalue weighted by Gasteiger charge is 2.49. The third kappa shape index (κ3) is 4.21. The Morgan fingerprint density at radius 2 is 1.29 bits per heavy atom. The van der Waals surface area contributed by atoms with Crippen molar-refractivity contribution < 1.29 is 9.05 Å². The maximum Gasteiger partial charge on any atom is 0.650 e. The van der Waals surface area contributed by atoms with E-state index in [4.69, 9.17) is 4.65 Å². The molecule has 2 fully saturated rings. The standard InChI is InChI=1S/C25H34BNO/c1-18-9-19(2)12-22(11-18)15-27(16-23-13-20(3)10-21(4)14-23)25-8-6-5-7-24(25)17-28-26-27/h9-14,24-25H,5-8,15-17H2,1-4H3/q+1/t24-,25+/m0/s1. The molecule has 2 aromatic rings. The van der Waals surface area contributed by atoms with Gasteiger partial charge in [-0.2, -0.15) is 0 Å². The summed E-state index contributed by atoms with van der Waals surface area (Å²) in [5.41, 5.74) is 8.31. The molecule has 1 saturated carbocycles. The van der Waals surface area contributed by atoms with Gasteiger partial charge >= 0.3 is 7.62 Å². The average Bonchev–Trinajstić information content (AvgIpc) is 2.60. The van der Waals surface area contributed by atoms with Crippen LogP contribution in [0, 0.1) is 33.6 Å². The minimum absolute atomic E-state index is 0.670. The Labute approximate surface area is 171 Å². The summed E-state index contributed by atoms with van der Waals surface area (Å²) in [6.07, 6.45) is 5.35. The Morgan fingerprint density at radius 3 is 1.82 bits per heavy atom. The summed E-state index contributed by atoms with van der Waals surface area (Å²) in [7, 11) is 2.20. The van der Waals surface area contributed by atoms with Gasteiger partial charge in [0, 0.05) is 23.7 Å². The second kappa shape index (κ2) is 8.04. The van der Waals surface area contributed by atoms with Gasteiger partial charge in [0.25, 0.3) is 0 Å². The fraction of sp³-hybridized carbons (Fsp3) is 0.520. The van der Waals surface area contributed by atoms with Gasteiger partial charge in [0.15, 0.2) is 0 Å². The van der Waals surface area contributed by atoms with Crippen LogP contribution in [0.1, 0.15) is 59.1 Å². The van der Waals surface area contributed by atoms with Crippen molar-refractivity contribution in [2.45, 2.75) is 72.5 Å². The number of nitrogens with zero attached hydrogens (tertiary/aromatic N) is 1. The van der Waals surface area contributed by atoms with Gasteiger partial charge in [-0.25, -0.2) is 0 Å². The minimum Gasteiger partial charge on any atom is -0.380 e. The first-order valence-electron chi connectivity index (χ1n) is 10.9. The van der Waals surface area contributed by atoms with Gasteiger partial charge in [0.2, 0.25) is 0 Å². The van der Waals surface area contributed by atoms with Crippen molar-refractivity contribution in [1.29, 1.82) is 0 Å². The monoisotopic (exact) mass is 375 g/mol. The van der Waals surface area contributed by atoms with E-state index in [9.17, 15) is 0 Å². The molecule has 28 heavy (non-hydrogen) atoms. The van der Waals surface area contributed by atoms with Crippen molar-refractivity contribution >= 4 is 7.62 Å². The van der Waals surface area contributed by atoms with Crippen molar-refractivity contribution in [3.63, 3.8) is 0 Å². The summed E-state index contributed by atoms with van der Waals surface area (Å²) in [5.74, 6) is 0.690. The number of aryl methyl sites for hydroxylation is 4. The van der Waals surface area contributed by atoms with Crippen LogP contribution >= 0.6 is 0 Å². The molecule has 4 rings (SSSR count). The lowest BCUT2D eigenvalue weighted by Gasteiger charge is -2.52. The molecule has 0 bridgehead atoms. The van der Waals surface area contributed by atoms with Crippen LogP contribution < -0.4 is 0 Å². The lowest BCUT2D eigenvalue weighted by molar-refractivity contribution is -0.892. The predicted molar refractivity (Wildman–Crippen MR) is 117 cm³/mol. The Morgan fingerprint density at radius 1 is 0.786 bits per heavy atom. The lowest BCUT2D eigenvalue weighted by Crippen LogP contribution is -2.64. The van der Waals surface area contributed by atoms with E-state index < -0.39 is 0 Å². The smallest absolute Gasteiger partial charge is 0.380 e. The van der Waals surface area contributed by atoms with Crippen molar-refractivity contribution in [3.8, 4) is 0 Å². The molecule has 2 aromatic carbocycles. The number of quaternary nitrogens is 1. The number of hydrogen-bond donors (Lipinski definition) is 0. The zero-order valence-electron chi connectivity index (χ0n) is 18.0. The maximum absolute atomic E-state index is 6.17. The van der Waals surface area contributed by atoms with Crippen LogP contribution in [0.15, 0.2) is 36.4 Å². The van der Waals surface area contributed by atoms with E-state index in [1.807, 2.05) is 0 Å². The molecule has 1 radical (unpaired) electrons. The molecule has 0 amide bonds. The molecule has 0 aromatic heterocycles. The number of fused-ring (bicyclic) bond motifs is 1. The first kappa shape index (κ1) is 19.7. The van der Waals surface area contributed by atoms with Gasteiger partial charge < -0.3 is 9.05 Å². The van der Waals surface area contributed by atoms with Crippen LogP contribution in [0.5, 0.6) is 0 Å². The summed E-state index contributed by atoms with van der Waals surface area (Å²) in [5, 5.41) is 0. The number of benzene rings is 2. The molecule has 3 heteroatoms. The van der Waals surface area contributed by atoms with E-state index in [2.05, 4.69) is 71.7 Å². The molecule has 1 aliphatic carbocycles. The number of rotatable bonds is 4. The summed E-state index contributed by atoms with van der Waals surface area (Å²) in [4.78, 5) is 0. The van der Waals surface area contributed by atoms with E-state index in [1.165, 1.54) is 59.1 Å². The summed E-state index contributed by atoms with van der Waals surface area (Å²) >= 11 is 0. The summed E-state index contributed by atoms with van der Waals surface area (Å²) in [6, 6.07) is 14.7. The zero-order chi connectivity index (χ0) is 19.7. The molecule has 1 aliphatic heterocycles. The van der Waals surface area contributed by atoms with Crippen LogP contribution in [-0.2, 0) is 17.7 Å². The predicted octanol–water partition coefficient (Wildman–Crippen LogP) is 5.56. The van der Waals surface area contributed by atoms with Crippen LogP contribution in [-0.4, -0.2) is 24.7 Å². The van der Waals surface area contributed by atoms with Gasteiger partial charge in [-0.3, -0.25) is 0 Å². The second-order valence-electron chi connectivity index (χ2n) is 9.46. The molecule has 0 unspecified atom stereocenters. The molecule has 1 saturated heterocycles. The topological polar surface area (TPSA) is 9.23 Å². The Kier molecular flexibility index (Phi) is 5.67. The summed E-state index contributed by atoms with van der Waals surface area (Å²) < 4.78 is 7.11. The Balaban J connectivity index is 1.73. The number of hydrogen-bond acceptors (Lipinski definition) is 1. The maximum atomic E-state index is 6.17. The first-order chi connectivity index (χ1) is 13.4. The zero-order valence-corrected chi connectivity index (χ0v) is 18.0. The molecule has 2 aliphatic rings. The molecule has 147 valence electrons. The van der Waals surface area contributed by atoms with Gasteiger partial charge in [-0.1, -0.05) is 65.1 Å². The fourth-order valence-electron chi connectivity index (χ4n) is 5.82. The molecule has 2 nitrogen and oxygen atoms in total. The molecule has 1 heterocycles. The molecular formula is C25H34BNO+. The normalized spacial score (nSPS) is 23.7. The highest BCUT2D eigenvalue weighted by molar-refractivity contribution is 6.17. The largest absolute Gasteiger partial charge is 0.650 e. The average molecular weight is 375 g/mol. The third-order valence-corrected chi connectivity index (χ3v) is 6.64. The van der Waals surface area contributed by atoms with Crippen LogP contribution in [0.4, 0.5) is 0 Å². The van der Waals surface area contributed by atoms with Crippen LogP contribution in [0.25, 0.3) is 0 Å². The highest BCUT2D eigenvalue weighted by Crippen LogP contribution is 2.39. The SMILES string of the molecule is Cc1cc(C)cc(C[N+]2(Cc3cc(C)cc(C)c3)[B]OC[C@@H]3CCCC[C@H]32)c1. The van der Waals surface area contributed by atoms with Gasteiger partial charge in [-0.15, -0.1) is 0 Å². The highest BCUT2D eigenvalue weighted by atomic mass is 16.4. The van der Waals surface area contributed by atoms with Crippen molar-refractivity contribution in [2.75, 3.05) is 6.61 Å². The van der Waals surface area contributed by atoms with Gasteiger partial charge in [0.05, 0.1) is 19.1 Å². The van der Waals surface area contributed by atoms with Crippen LogP contribution in [0.2, 0.25) is 0 Å². The van der Waals surface area contributed by atoms with E-state index >= 15 is 0 Å². The molecule has 2 atom stereocenters. The van der Waals surface area contributed by atoms with Crippen molar-refractivity contribution in [1.82, 2.24) is 0 Å². The lowest BCUT2D eigenvalue weighted by atomic mass is 9.76. The van der Waals surface area contributed by atoms with Gasteiger partial charge in [0.1, 0.15) is 0 Å². The molecular weight excluding hydrogens is 341 g/mol. The van der Waals surface area contributed by atoms with Crippen molar-refractivity contribution in [2.24, 2.45) is 5.92 Å². The van der Waals surface area contributed by atoms with E-state index in [-0.39, 0.29) is 0 Å². The Hall–Kier alpha value is -1.58. The first-order valence-corrected chi connectivity index (χ1v) is 10.9.